The number of rotatable bonds is 2. The fraction of sp³-hybridized carbons (Fsp3) is 0.0909. The molecule has 2 aromatic rings. The summed E-state index contributed by atoms with van der Waals surface area (Å²) < 4.78 is 0. The number of carbonyl (C=O) groups excluding carboxylic acids is 1. The molecule has 18 heavy (non-hydrogen) atoms. The number of nitrogen functional groups attached to an aromatic ring is 1. The third kappa shape index (κ3) is 2.57. The number of aromatic amines is 1. The molecule has 94 valence electrons. The largest absolute Gasteiger partial charge is 0.396 e. The van der Waals surface area contributed by atoms with Crippen molar-refractivity contribution in [1.82, 2.24) is 9.97 Å². The first kappa shape index (κ1) is 12.7. The van der Waals surface area contributed by atoms with Gasteiger partial charge in [-0.15, -0.1) is 0 Å². The van der Waals surface area contributed by atoms with E-state index in [1.165, 1.54) is 6.92 Å². The van der Waals surface area contributed by atoms with Crippen molar-refractivity contribution in [2.75, 3.05) is 11.1 Å². The molecule has 0 saturated carbocycles. The maximum absolute atomic E-state index is 10.9. The summed E-state index contributed by atoms with van der Waals surface area (Å²) in [7, 11) is 0. The van der Waals surface area contributed by atoms with E-state index in [4.69, 9.17) is 28.9 Å². The maximum atomic E-state index is 10.9. The van der Waals surface area contributed by atoms with Crippen molar-refractivity contribution in [1.29, 1.82) is 0 Å². The van der Waals surface area contributed by atoms with Crippen molar-refractivity contribution in [2.24, 2.45) is 0 Å². The van der Waals surface area contributed by atoms with E-state index in [9.17, 15) is 4.79 Å². The zero-order valence-corrected chi connectivity index (χ0v) is 10.9. The van der Waals surface area contributed by atoms with E-state index in [0.717, 1.165) is 5.56 Å². The van der Waals surface area contributed by atoms with Gasteiger partial charge in [0, 0.05) is 12.5 Å². The summed E-state index contributed by atoms with van der Waals surface area (Å²) in [6.45, 7) is 1.40. The summed E-state index contributed by atoms with van der Waals surface area (Å²) in [4.78, 5) is 17.8. The van der Waals surface area contributed by atoms with Gasteiger partial charge in [0.2, 0.25) is 11.9 Å². The van der Waals surface area contributed by atoms with Crippen LogP contribution < -0.4 is 11.1 Å². The Morgan fingerprint density at radius 2 is 2.00 bits per heavy atom. The summed E-state index contributed by atoms with van der Waals surface area (Å²) in [6.07, 6.45) is 1.57. The molecule has 0 unspecified atom stereocenters. The number of hydrogen-bond donors (Lipinski definition) is 3. The molecule has 0 fully saturated rings. The highest BCUT2D eigenvalue weighted by molar-refractivity contribution is 6.39. The number of hydrogen-bond acceptors (Lipinski definition) is 3. The standard InChI is InChI=1S/C11H10Cl2N4O/c1-5(18)16-11-15-4-9(17-11)6-2-7(12)10(14)8(13)3-6/h2-4H,14H2,1H3,(H2,15,16,17,18). The van der Waals surface area contributed by atoms with Gasteiger partial charge in [0.1, 0.15) is 0 Å². The van der Waals surface area contributed by atoms with Crippen LogP contribution in [-0.4, -0.2) is 15.9 Å². The molecule has 0 aliphatic rings. The van der Waals surface area contributed by atoms with Crippen LogP contribution in [0.15, 0.2) is 18.3 Å². The van der Waals surface area contributed by atoms with Crippen LogP contribution in [0.25, 0.3) is 11.3 Å². The normalized spacial score (nSPS) is 10.4. The number of halogens is 2. The monoisotopic (exact) mass is 284 g/mol. The first-order chi connectivity index (χ1) is 8.47. The van der Waals surface area contributed by atoms with Crippen LogP contribution >= 0.6 is 23.2 Å². The lowest BCUT2D eigenvalue weighted by Gasteiger charge is -2.04. The van der Waals surface area contributed by atoms with Crippen molar-refractivity contribution in [3.8, 4) is 11.3 Å². The van der Waals surface area contributed by atoms with Crippen molar-refractivity contribution >= 4 is 40.7 Å². The van der Waals surface area contributed by atoms with Crippen molar-refractivity contribution in [3.05, 3.63) is 28.4 Å². The predicted molar refractivity (Wildman–Crippen MR) is 72.8 cm³/mol. The van der Waals surface area contributed by atoms with Crippen molar-refractivity contribution in [2.45, 2.75) is 6.92 Å². The lowest BCUT2D eigenvalue weighted by Crippen LogP contribution is -2.06. The molecule has 1 heterocycles. The van der Waals surface area contributed by atoms with E-state index in [1.807, 2.05) is 0 Å². The Hall–Kier alpha value is -1.72. The number of nitrogens with one attached hydrogen (secondary N) is 2. The van der Waals surface area contributed by atoms with Gasteiger partial charge in [-0.05, 0) is 12.1 Å². The number of anilines is 2. The Labute approximate surface area is 113 Å². The number of imidazole rings is 1. The molecule has 5 nitrogen and oxygen atoms in total. The van der Waals surface area contributed by atoms with Gasteiger partial charge in [0.15, 0.2) is 0 Å². The molecule has 1 aromatic heterocycles. The minimum absolute atomic E-state index is 0.204. The fourth-order valence-corrected chi connectivity index (χ4v) is 1.93. The molecule has 4 N–H and O–H groups in total. The smallest absolute Gasteiger partial charge is 0.223 e. The number of nitrogens with two attached hydrogens (primary N) is 1. The number of benzene rings is 1. The zero-order valence-electron chi connectivity index (χ0n) is 9.42. The molecular formula is C11H10Cl2N4O. The summed E-state index contributed by atoms with van der Waals surface area (Å²) in [6, 6.07) is 3.35. The third-order valence-corrected chi connectivity index (χ3v) is 2.89. The Balaban J connectivity index is 2.37. The minimum Gasteiger partial charge on any atom is -0.396 e. The molecule has 0 radical (unpaired) electrons. The van der Waals surface area contributed by atoms with Gasteiger partial charge in [0.25, 0.3) is 0 Å². The molecule has 0 bridgehead atoms. The summed E-state index contributed by atoms with van der Waals surface area (Å²) in [5, 5.41) is 3.28. The van der Waals surface area contributed by atoms with Gasteiger partial charge in [-0.1, -0.05) is 23.2 Å². The van der Waals surface area contributed by atoms with Gasteiger partial charge >= 0.3 is 0 Å². The minimum atomic E-state index is -0.204. The topological polar surface area (TPSA) is 83.8 Å². The molecule has 7 heteroatoms. The number of amides is 1. The first-order valence-corrected chi connectivity index (χ1v) is 5.80. The molecule has 0 saturated heterocycles. The molecule has 1 amide bonds. The summed E-state index contributed by atoms with van der Waals surface area (Å²) in [5.74, 6) is 0.158. The third-order valence-electron chi connectivity index (χ3n) is 2.26. The van der Waals surface area contributed by atoms with Crippen LogP contribution in [0.3, 0.4) is 0 Å². The summed E-state index contributed by atoms with van der Waals surface area (Å²) in [5.41, 5.74) is 7.41. The predicted octanol–water partition coefficient (Wildman–Crippen LogP) is 2.92. The molecule has 0 aliphatic carbocycles. The van der Waals surface area contributed by atoms with Crippen LogP contribution in [-0.2, 0) is 4.79 Å². The second-order valence-corrected chi connectivity index (χ2v) is 4.49. The molecule has 0 aliphatic heterocycles. The van der Waals surface area contributed by atoms with Gasteiger partial charge in [-0.25, -0.2) is 4.98 Å². The van der Waals surface area contributed by atoms with Crippen LogP contribution in [0.4, 0.5) is 11.6 Å². The van der Waals surface area contributed by atoms with Gasteiger partial charge in [-0.2, -0.15) is 0 Å². The number of aromatic nitrogens is 2. The first-order valence-electron chi connectivity index (χ1n) is 5.05. The highest BCUT2D eigenvalue weighted by atomic mass is 35.5. The quantitative estimate of drug-likeness (QED) is 0.742. The van der Waals surface area contributed by atoms with Gasteiger partial charge in [0.05, 0.1) is 27.6 Å². The van der Waals surface area contributed by atoms with Crippen molar-refractivity contribution in [3.63, 3.8) is 0 Å². The number of H-pyrrole nitrogens is 1. The second-order valence-electron chi connectivity index (χ2n) is 3.68. The van der Waals surface area contributed by atoms with Crippen molar-refractivity contribution < 1.29 is 4.79 Å². The van der Waals surface area contributed by atoms with Crippen LogP contribution in [0.5, 0.6) is 0 Å². The highest BCUT2D eigenvalue weighted by Crippen LogP contribution is 2.33. The van der Waals surface area contributed by atoms with E-state index < -0.39 is 0 Å². The molecule has 1 aromatic carbocycles. The molecule has 0 spiro atoms. The zero-order chi connectivity index (χ0) is 13.3. The van der Waals surface area contributed by atoms with E-state index in [0.29, 0.717) is 27.4 Å². The van der Waals surface area contributed by atoms with E-state index >= 15 is 0 Å². The van der Waals surface area contributed by atoms with E-state index in [2.05, 4.69) is 15.3 Å². The molecule has 0 atom stereocenters. The maximum Gasteiger partial charge on any atom is 0.223 e. The highest BCUT2D eigenvalue weighted by Gasteiger charge is 2.09. The van der Waals surface area contributed by atoms with E-state index in [-0.39, 0.29) is 5.91 Å². The molecular weight excluding hydrogens is 275 g/mol. The van der Waals surface area contributed by atoms with E-state index in [1.54, 1.807) is 18.3 Å². The summed E-state index contributed by atoms with van der Waals surface area (Å²) >= 11 is 11.9. The number of carbonyl (C=O) groups is 1. The average Bonchev–Trinajstić information content (AvgIpc) is 2.72. The Morgan fingerprint density at radius 1 is 1.39 bits per heavy atom. The number of nitrogens with zero attached hydrogens (tertiary/aromatic N) is 1. The van der Waals surface area contributed by atoms with Crippen LogP contribution in [0.1, 0.15) is 6.92 Å². The lowest BCUT2D eigenvalue weighted by molar-refractivity contribution is -0.114. The fourth-order valence-electron chi connectivity index (χ4n) is 1.44. The lowest BCUT2D eigenvalue weighted by atomic mass is 10.1. The Bertz CT molecular complexity index is 586. The second kappa shape index (κ2) is 4.88. The Morgan fingerprint density at radius 3 is 2.56 bits per heavy atom. The SMILES string of the molecule is CC(=O)Nc1ncc(-c2cc(Cl)c(N)c(Cl)c2)[nH]1. The van der Waals surface area contributed by atoms with Gasteiger partial charge in [-0.3, -0.25) is 10.1 Å². The van der Waals surface area contributed by atoms with Crippen LogP contribution in [0.2, 0.25) is 10.0 Å². The van der Waals surface area contributed by atoms with Crippen LogP contribution in [0, 0.1) is 0 Å². The Kier molecular flexibility index (Phi) is 3.45. The van der Waals surface area contributed by atoms with Gasteiger partial charge < -0.3 is 10.7 Å². The molecule has 2 rings (SSSR count). The average molecular weight is 285 g/mol.